The largest absolute Gasteiger partial charge is 0.250 e. The molecule has 0 unspecified atom stereocenters. The molecule has 8 heteroatoms. The predicted octanol–water partition coefficient (Wildman–Crippen LogP) is 5.13. The second-order valence-electron chi connectivity index (χ2n) is 5.80. The van der Waals surface area contributed by atoms with Crippen molar-refractivity contribution in [2.45, 2.75) is 30.5 Å². The minimum absolute atomic E-state index is 0.157. The van der Waals surface area contributed by atoms with Crippen molar-refractivity contribution in [3.05, 3.63) is 57.4 Å². The quantitative estimate of drug-likeness (QED) is 0.610. The summed E-state index contributed by atoms with van der Waals surface area (Å²) < 4.78 is 27.9. The third kappa shape index (κ3) is 4.30. The Morgan fingerprint density at radius 3 is 2.64 bits per heavy atom. The highest BCUT2D eigenvalue weighted by atomic mass is 35.5. The molecule has 0 radical (unpaired) electrons. The summed E-state index contributed by atoms with van der Waals surface area (Å²) in [5.74, 6) is 0.351. The Balaban J connectivity index is 1.77. The van der Waals surface area contributed by atoms with Crippen LogP contribution in [-0.2, 0) is 16.6 Å². The van der Waals surface area contributed by atoms with Gasteiger partial charge in [0.05, 0.1) is 5.69 Å². The van der Waals surface area contributed by atoms with Crippen LogP contribution in [0.3, 0.4) is 0 Å². The van der Waals surface area contributed by atoms with Crippen LogP contribution in [0.15, 0.2) is 45.3 Å². The number of thiophene rings is 1. The third-order valence-electron chi connectivity index (χ3n) is 3.61. The molecule has 3 rings (SSSR count). The van der Waals surface area contributed by atoms with Gasteiger partial charge in [-0.05, 0) is 23.6 Å². The first kappa shape index (κ1) is 18.5. The number of thiazole rings is 1. The first-order chi connectivity index (χ1) is 11.9. The second kappa shape index (κ2) is 7.55. The summed E-state index contributed by atoms with van der Waals surface area (Å²) in [5, 5.41) is 5.22. The number of rotatable bonds is 6. The van der Waals surface area contributed by atoms with Gasteiger partial charge < -0.3 is 0 Å². The number of hydrogen-bond donors (Lipinski definition) is 1. The molecule has 0 fully saturated rings. The summed E-state index contributed by atoms with van der Waals surface area (Å²) in [6.45, 7) is 4.33. The number of halogens is 1. The highest BCUT2D eigenvalue weighted by molar-refractivity contribution is 7.91. The fourth-order valence-electron chi connectivity index (χ4n) is 2.14. The van der Waals surface area contributed by atoms with Gasteiger partial charge in [-0.3, -0.25) is 0 Å². The van der Waals surface area contributed by atoms with Crippen molar-refractivity contribution in [3.63, 3.8) is 0 Å². The van der Waals surface area contributed by atoms with E-state index in [9.17, 15) is 8.42 Å². The van der Waals surface area contributed by atoms with Gasteiger partial charge in [-0.25, -0.2) is 18.1 Å². The summed E-state index contributed by atoms with van der Waals surface area (Å²) in [6.07, 6.45) is 0. The standard InChI is InChI=1S/C17H17ClN2O2S3/c1-11(2)15-10-24-17(20-15)13-7-16(23-9-13)25(21,22)19-8-12-5-3-4-6-14(12)18/h3-7,9-11,19H,8H2,1-2H3. The molecule has 3 aromatic rings. The maximum absolute atomic E-state index is 12.5. The fourth-order valence-corrected chi connectivity index (χ4v) is 5.60. The fraction of sp³-hybridized carbons (Fsp3) is 0.235. The molecule has 0 amide bonds. The van der Waals surface area contributed by atoms with Crippen LogP contribution < -0.4 is 4.72 Å². The number of aromatic nitrogens is 1. The van der Waals surface area contributed by atoms with E-state index in [1.165, 1.54) is 22.7 Å². The number of benzene rings is 1. The Morgan fingerprint density at radius 1 is 1.20 bits per heavy atom. The highest BCUT2D eigenvalue weighted by Crippen LogP contribution is 2.32. The van der Waals surface area contributed by atoms with Gasteiger partial charge in [-0.15, -0.1) is 22.7 Å². The summed E-state index contributed by atoms with van der Waals surface area (Å²) in [6, 6.07) is 8.85. The van der Waals surface area contributed by atoms with E-state index in [0.717, 1.165) is 21.8 Å². The third-order valence-corrected chi connectivity index (χ3v) is 7.73. The number of nitrogens with zero attached hydrogens (tertiary/aromatic N) is 1. The lowest BCUT2D eigenvalue weighted by molar-refractivity contribution is 0.583. The summed E-state index contributed by atoms with van der Waals surface area (Å²) in [5.41, 5.74) is 2.60. The monoisotopic (exact) mass is 412 g/mol. The van der Waals surface area contributed by atoms with Crippen LogP contribution in [0.1, 0.15) is 31.0 Å². The zero-order valence-corrected chi connectivity index (χ0v) is 16.9. The molecule has 4 nitrogen and oxygen atoms in total. The molecule has 0 aliphatic heterocycles. The number of nitrogens with one attached hydrogen (secondary N) is 1. The molecular formula is C17H17ClN2O2S3. The molecule has 0 bridgehead atoms. The molecule has 0 saturated carbocycles. The molecule has 25 heavy (non-hydrogen) atoms. The molecule has 2 heterocycles. The summed E-state index contributed by atoms with van der Waals surface area (Å²) in [4.78, 5) is 4.57. The van der Waals surface area contributed by atoms with Gasteiger partial charge in [0.2, 0.25) is 10.0 Å². The Kier molecular flexibility index (Phi) is 5.60. The van der Waals surface area contributed by atoms with E-state index in [0.29, 0.717) is 10.9 Å². The van der Waals surface area contributed by atoms with Crippen LogP contribution in [0.2, 0.25) is 5.02 Å². The predicted molar refractivity (Wildman–Crippen MR) is 105 cm³/mol. The zero-order valence-electron chi connectivity index (χ0n) is 13.7. The van der Waals surface area contributed by atoms with Crippen LogP contribution in [0.4, 0.5) is 0 Å². The molecule has 0 saturated heterocycles. The van der Waals surface area contributed by atoms with Gasteiger partial charge in [0.15, 0.2) is 0 Å². The molecule has 2 aromatic heterocycles. The molecule has 0 spiro atoms. The average molecular weight is 413 g/mol. The Morgan fingerprint density at radius 2 is 1.96 bits per heavy atom. The summed E-state index contributed by atoms with van der Waals surface area (Å²) >= 11 is 8.79. The molecular weight excluding hydrogens is 396 g/mol. The number of hydrogen-bond acceptors (Lipinski definition) is 5. The van der Waals surface area contributed by atoms with E-state index < -0.39 is 10.0 Å². The van der Waals surface area contributed by atoms with Crippen molar-refractivity contribution >= 4 is 44.3 Å². The van der Waals surface area contributed by atoms with E-state index in [4.69, 9.17) is 11.6 Å². The molecule has 1 aromatic carbocycles. The van der Waals surface area contributed by atoms with Gasteiger partial charge in [-0.1, -0.05) is 43.6 Å². The topological polar surface area (TPSA) is 59.1 Å². The van der Waals surface area contributed by atoms with Crippen molar-refractivity contribution in [2.75, 3.05) is 0 Å². The molecule has 0 atom stereocenters. The highest BCUT2D eigenvalue weighted by Gasteiger charge is 2.19. The van der Waals surface area contributed by atoms with Crippen molar-refractivity contribution in [1.29, 1.82) is 0 Å². The Labute approximate surface area is 160 Å². The van der Waals surface area contributed by atoms with Crippen LogP contribution in [0, 0.1) is 0 Å². The minimum Gasteiger partial charge on any atom is -0.241 e. The smallest absolute Gasteiger partial charge is 0.241 e. The van der Waals surface area contributed by atoms with E-state index in [2.05, 4.69) is 23.6 Å². The van der Waals surface area contributed by atoms with E-state index in [-0.39, 0.29) is 10.8 Å². The molecule has 132 valence electrons. The lowest BCUT2D eigenvalue weighted by atomic mass is 10.2. The minimum atomic E-state index is -3.59. The first-order valence-electron chi connectivity index (χ1n) is 7.64. The summed E-state index contributed by atoms with van der Waals surface area (Å²) in [7, 11) is -3.59. The van der Waals surface area contributed by atoms with Crippen molar-refractivity contribution in [3.8, 4) is 10.6 Å². The molecule has 1 N–H and O–H groups in total. The van der Waals surface area contributed by atoms with Crippen molar-refractivity contribution in [2.24, 2.45) is 0 Å². The maximum atomic E-state index is 12.5. The van der Waals surface area contributed by atoms with Crippen LogP contribution >= 0.6 is 34.3 Å². The zero-order chi connectivity index (χ0) is 18.0. The van der Waals surface area contributed by atoms with Crippen molar-refractivity contribution < 1.29 is 8.42 Å². The molecule has 0 aliphatic rings. The average Bonchev–Trinajstić information content (AvgIpc) is 3.23. The Bertz CT molecular complexity index is 977. The van der Waals surface area contributed by atoms with E-state index in [1.54, 1.807) is 18.2 Å². The number of sulfonamides is 1. The maximum Gasteiger partial charge on any atom is 0.250 e. The van der Waals surface area contributed by atoms with Gasteiger partial charge >= 0.3 is 0 Å². The first-order valence-corrected chi connectivity index (χ1v) is 11.3. The SMILES string of the molecule is CC(C)c1csc(-c2csc(S(=O)(=O)NCc3ccccc3Cl)c2)n1. The van der Waals surface area contributed by atoms with Crippen molar-refractivity contribution in [1.82, 2.24) is 9.71 Å². The van der Waals surface area contributed by atoms with Gasteiger partial charge in [-0.2, -0.15) is 0 Å². The lowest BCUT2D eigenvalue weighted by Gasteiger charge is -2.06. The van der Waals surface area contributed by atoms with Crippen LogP contribution in [0.5, 0.6) is 0 Å². The Hall–Kier alpha value is -1.25. The lowest BCUT2D eigenvalue weighted by Crippen LogP contribution is -2.22. The van der Waals surface area contributed by atoms with Crippen LogP contribution in [-0.4, -0.2) is 13.4 Å². The van der Waals surface area contributed by atoms with Crippen LogP contribution in [0.25, 0.3) is 10.6 Å². The van der Waals surface area contributed by atoms with Gasteiger partial charge in [0, 0.05) is 27.9 Å². The normalized spacial score (nSPS) is 12.0. The van der Waals surface area contributed by atoms with Gasteiger partial charge in [0.1, 0.15) is 9.22 Å². The van der Waals surface area contributed by atoms with E-state index >= 15 is 0 Å². The van der Waals surface area contributed by atoms with Gasteiger partial charge in [0.25, 0.3) is 0 Å². The molecule has 0 aliphatic carbocycles. The van der Waals surface area contributed by atoms with E-state index in [1.807, 2.05) is 22.9 Å². The second-order valence-corrected chi connectivity index (χ2v) is 9.97.